The third-order valence-electron chi connectivity index (χ3n) is 5.42. The summed E-state index contributed by atoms with van der Waals surface area (Å²) in [6, 6.07) is 9.66. The zero-order valence-electron chi connectivity index (χ0n) is 13.1. The van der Waals surface area contributed by atoms with Crippen LogP contribution in [0.5, 0.6) is 0 Å². The molecule has 1 unspecified atom stereocenters. The minimum atomic E-state index is 0.538. The van der Waals surface area contributed by atoms with E-state index in [1.807, 2.05) is 0 Å². The van der Waals surface area contributed by atoms with Gasteiger partial charge in [-0.15, -0.1) is 0 Å². The van der Waals surface area contributed by atoms with E-state index in [0.717, 1.165) is 11.8 Å². The van der Waals surface area contributed by atoms with Crippen LogP contribution < -0.4 is 5.32 Å². The number of nitrogens with one attached hydrogen (secondary N) is 1. The zero-order chi connectivity index (χ0) is 14.0. The average molecular weight is 271 g/mol. The first-order chi connectivity index (χ1) is 9.64. The molecule has 1 aliphatic heterocycles. The van der Waals surface area contributed by atoms with E-state index in [1.54, 1.807) is 11.1 Å². The molecular weight excluding hydrogens is 242 g/mol. The molecule has 0 aromatic heterocycles. The molecule has 1 heterocycles. The fourth-order valence-electron chi connectivity index (χ4n) is 4.18. The van der Waals surface area contributed by atoms with Crippen molar-refractivity contribution in [2.45, 2.75) is 64.2 Å². The molecular formula is C19H29N. The van der Waals surface area contributed by atoms with Crippen LogP contribution in [0, 0.1) is 5.41 Å². The summed E-state index contributed by atoms with van der Waals surface area (Å²) in [6.45, 7) is 7.23. The van der Waals surface area contributed by atoms with Crippen molar-refractivity contribution in [3.63, 3.8) is 0 Å². The quantitative estimate of drug-likeness (QED) is 0.811. The maximum atomic E-state index is 3.46. The fourth-order valence-corrected chi connectivity index (χ4v) is 4.18. The van der Waals surface area contributed by atoms with Crippen molar-refractivity contribution in [3.8, 4) is 0 Å². The highest BCUT2D eigenvalue weighted by Crippen LogP contribution is 2.43. The van der Waals surface area contributed by atoms with Gasteiger partial charge in [-0.3, -0.25) is 0 Å². The summed E-state index contributed by atoms with van der Waals surface area (Å²) in [5, 5.41) is 3.46. The van der Waals surface area contributed by atoms with Crippen LogP contribution in [-0.4, -0.2) is 13.1 Å². The van der Waals surface area contributed by atoms with Crippen LogP contribution in [0.15, 0.2) is 24.3 Å². The van der Waals surface area contributed by atoms with Crippen LogP contribution in [-0.2, 0) is 0 Å². The molecule has 0 bridgehead atoms. The number of hydrogen-bond acceptors (Lipinski definition) is 1. The van der Waals surface area contributed by atoms with Crippen molar-refractivity contribution >= 4 is 0 Å². The molecule has 1 N–H and O–H groups in total. The van der Waals surface area contributed by atoms with E-state index < -0.39 is 0 Å². The van der Waals surface area contributed by atoms with Crippen molar-refractivity contribution in [2.75, 3.05) is 13.1 Å². The van der Waals surface area contributed by atoms with Crippen molar-refractivity contribution in [1.82, 2.24) is 5.32 Å². The van der Waals surface area contributed by atoms with Crippen LogP contribution >= 0.6 is 0 Å². The van der Waals surface area contributed by atoms with Crippen LogP contribution in [0.3, 0.4) is 0 Å². The Labute approximate surface area is 124 Å². The third-order valence-corrected chi connectivity index (χ3v) is 5.42. The molecule has 0 radical (unpaired) electrons. The highest BCUT2D eigenvalue weighted by Gasteiger charge is 2.28. The lowest BCUT2D eigenvalue weighted by molar-refractivity contribution is 0.219. The Bertz CT molecular complexity index is 426. The second kappa shape index (κ2) is 5.89. The van der Waals surface area contributed by atoms with Crippen molar-refractivity contribution < 1.29 is 0 Å². The average Bonchev–Trinajstić information content (AvgIpc) is 2.47. The van der Waals surface area contributed by atoms with Gasteiger partial charge >= 0.3 is 0 Å². The normalized spacial score (nSPS) is 27.4. The van der Waals surface area contributed by atoms with Gasteiger partial charge in [0.15, 0.2) is 0 Å². The van der Waals surface area contributed by atoms with Gasteiger partial charge in [-0.2, -0.15) is 0 Å². The van der Waals surface area contributed by atoms with Gasteiger partial charge in [0.05, 0.1) is 0 Å². The molecule has 20 heavy (non-hydrogen) atoms. The Hall–Kier alpha value is -0.820. The van der Waals surface area contributed by atoms with Gasteiger partial charge in [0, 0.05) is 0 Å². The standard InChI is InChI=1S/C19H29N/c1-19(2)11-3-4-18(14-19)16-7-5-15(6-8-16)17-9-12-20-13-10-17/h5-8,17-18,20H,3-4,9-14H2,1-2H3. The lowest BCUT2D eigenvalue weighted by Gasteiger charge is -2.35. The van der Waals surface area contributed by atoms with E-state index in [-0.39, 0.29) is 0 Å². The summed E-state index contributed by atoms with van der Waals surface area (Å²) >= 11 is 0. The molecule has 110 valence electrons. The summed E-state index contributed by atoms with van der Waals surface area (Å²) < 4.78 is 0. The molecule has 0 spiro atoms. The molecule has 3 rings (SSSR count). The fraction of sp³-hybridized carbons (Fsp3) is 0.684. The molecule has 1 aromatic carbocycles. The minimum Gasteiger partial charge on any atom is -0.317 e. The van der Waals surface area contributed by atoms with E-state index >= 15 is 0 Å². The predicted molar refractivity (Wildman–Crippen MR) is 86.3 cm³/mol. The molecule has 1 heteroatoms. The van der Waals surface area contributed by atoms with Gasteiger partial charge in [-0.25, -0.2) is 0 Å². The molecule has 1 aromatic rings. The maximum absolute atomic E-state index is 3.46. The van der Waals surface area contributed by atoms with Gasteiger partial charge in [-0.1, -0.05) is 44.5 Å². The van der Waals surface area contributed by atoms with E-state index in [2.05, 4.69) is 43.4 Å². The van der Waals surface area contributed by atoms with Crippen molar-refractivity contribution in [1.29, 1.82) is 0 Å². The molecule has 1 nitrogen and oxygen atoms in total. The first-order valence-corrected chi connectivity index (χ1v) is 8.45. The SMILES string of the molecule is CC1(C)CCCC(c2ccc(C3CCNCC3)cc2)C1. The Morgan fingerprint density at radius 3 is 2.10 bits per heavy atom. The maximum Gasteiger partial charge on any atom is -0.00431 e. The van der Waals surface area contributed by atoms with Crippen LogP contribution in [0.25, 0.3) is 0 Å². The molecule has 1 saturated heterocycles. The minimum absolute atomic E-state index is 0.538. The highest BCUT2D eigenvalue weighted by molar-refractivity contribution is 5.28. The molecule has 1 aliphatic carbocycles. The summed E-state index contributed by atoms with van der Waals surface area (Å²) in [5.41, 5.74) is 3.68. The largest absolute Gasteiger partial charge is 0.317 e. The number of piperidine rings is 1. The summed E-state index contributed by atoms with van der Waals surface area (Å²) in [5.74, 6) is 1.58. The Morgan fingerprint density at radius 2 is 1.50 bits per heavy atom. The second-order valence-corrected chi connectivity index (χ2v) is 7.65. The van der Waals surface area contributed by atoms with Crippen molar-refractivity contribution in [2.24, 2.45) is 5.41 Å². The Morgan fingerprint density at radius 1 is 0.900 bits per heavy atom. The van der Waals surface area contributed by atoms with Gasteiger partial charge in [0.25, 0.3) is 0 Å². The molecule has 2 aliphatic rings. The first kappa shape index (κ1) is 14.1. The predicted octanol–water partition coefficient (Wildman–Crippen LogP) is 4.84. The number of hydrogen-bond donors (Lipinski definition) is 1. The third kappa shape index (κ3) is 3.25. The summed E-state index contributed by atoms with van der Waals surface area (Å²) in [7, 11) is 0. The van der Waals surface area contributed by atoms with Gasteiger partial charge < -0.3 is 5.32 Å². The monoisotopic (exact) mass is 271 g/mol. The second-order valence-electron chi connectivity index (χ2n) is 7.65. The van der Waals surface area contributed by atoms with Crippen LogP contribution in [0.4, 0.5) is 0 Å². The number of benzene rings is 1. The highest BCUT2D eigenvalue weighted by atomic mass is 14.9. The van der Waals surface area contributed by atoms with Crippen molar-refractivity contribution in [3.05, 3.63) is 35.4 Å². The Balaban J connectivity index is 1.69. The van der Waals surface area contributed by atoms with Crippen LogP contribution in [0.2, 0.25) is 0 Å². The van der Waals surface area contributed by atoms with E-state index in [4.69, 9.17) is 0 Å². The first-order valence-electron chi connectivity index (χ1n) is 8.45. The topological polar surface area (TPSA) is 12.0 Å². The van der Waals surface area contributed by atoms with E-state index in [1.165, 1.54) is 51.6 Å². The molecule has 1 atom stereocenters. The lowest BCUT2D eigenvalue weighted by atomic mass is 9.70. The van der Waals surface area contributed by atoms with E-state index in [9.17, 15) is 0 Å². The number of rotatable bonds is 2. The summed E-state index contributed by atoms with van der Waals surface area (Å²) in [4.78, 5) is 0. The molecule has 2 fully saturated rings. The Kier molecular flexibility index (Phi) is 4.16. The molecule has 1 saturated carbocycles. The lowest BCUT2D eigenvalue weighted by Crippen LogP contribution is -2.26. The van der Waals surface area contributed by atoms with Gasteiger partial charge in [0.1, 0.15) is 0 Å². The van der Waals surface area contributed by atoms with Crippen LogP contribution in [0.1, 0.15) is 75.3 Å². The zero-order valence-corrected chi connectivity index (χ0v) is 13.1. The smallest absolute Gasteiger partial charge is 0.00431 e. The molecule has 0 amide bonds. The van der Waals surface area contributed by atoms with Gasteiger partial charge in [0.2, 0.25) is 0 Å². The summed E-state index contributed by atoms with van der Waals surface area (Å²) in [6.07, 6.45) is 8.14. The van der Waals surface area contributed by atoms with E-state index in [0.29, 0.717) is 5.41 Å². The van der Waals surface area contributed by atoms with Gasteiger partial charge in [-0.05, 0) is 73.6 Å².